The highest BCUT2D eigenvalue weighted by atomic mass is 16.5. The number of carboxylic acid groups (broad SMARTS) is 1. The second-order valence-corrected chi connectivity index (χ2v) is 7.59. The van der Waals surface area contributed by atoms with Gasteiger partial charge >= 0.3 is 5.97 Å². The molecule has 0 aliphatic heterocycles. The third-order valence-electron chi connectivity index (χ3n) is 5.54. The molecule has 3 rings (SSSR count). The lowest BCUT2D eigenvalue weighted by Crippen LogP contribution is -2.40. The molecule has 0 fully saturated rings. The Labute approximate surface area is 168 Å². The van der Waals surface area contributed by atoms with E-state index in [1.54, 1.807) is 0 Å². The Morgan fingerprint density at radius 2 is 1.82 bits per heavy atom. The predicted molar refractivity (Wildman–Crippen MR) is 112 cm³/mol. The maximum Gasteiger partial charge on any atom is 0.339 e. The van der Waals surface area contributed by atoms with Gasteiger partial charge in [0.05, 0.1) is 0 Å². The standard InChI is InChI=1S/C24H31NO3/c1-3-14-25(15-4-2)20-11-12-21-19(16-20)10-13-22(23(21)24(26)27)28-17-18-8-6-5-7-9-18/h5-10,13,20H,3-4,11-12,14-17H2,1-2H3,(H,26,27). The maximum atomic E-state index is 12.0. The third-order valence-corrected chi connectivity index (χ3v) is 5.54. The molecule has 1 N–H and O–H groups in total. The van der Waals surface area contributed by atoms with Gasteiger partial charge < -0.3 is 14.7 Å². The molecule has 0 radical (unpaired) electrons. The van der Waals surface area contributed by atoms with Gasteiger partial charge in [-0.15, -0.1) is 0 Å². The summed E-state index contributed by atoms with van der Waals surface area (Å²) in [6.07, 6.45) is 5.03. The lowest BCUT2D eigenvalue weighted by Gasteiger charge is -2.35. The minimum atomic E-state index is -0.891. The number of carbonyl (C=O) groups is 1. The highest BCUT2D eigenvalue weighted by Gasteiger charge is 2.28. The number of nitrogens with zero attached hydrogens (tertiary/aromatic N) is 1. The number of carboxylic acids is 1. The summed E-state index contributed by atoms with van der Waals surface area (Å²) in [5, 5.41) is 9.87. The first kappa shape index (κ1) is 20.4. The van der Waals surface area contributed by atoms with Crippen LogP contribution in [0.25, 0.3) is 0 Å². The van der Waals surface area contributed by atoms with Crippen molar-refractivity contribution in [3.8, 4) is 5.75 Å². The van der Waals surface area contributed by atoms with E-state index in [1.165, 1.54) is 0 Å². The molecule has 0 spiro atoms. The highest BCUT2D eigenvalue weighted by molar-refractivity contribution is 5.93. The van der Waals surface area contributed by atoms with E-state index in [9.17, 15) is 9.90 Å². The second kappa shape index (κ2) is 9.74. The zero-order valence-electron chi connectivity index (χ0n) is 17.0. The van der Waals surface area contributed by atoms with Crippen molar-refractivity contribution >= 4 is 5.97 Å². The average Bonchev–Trinajstić information content (AvgIpc) is 2.71. The van der Waals surface area contributed by atoms with E-state index in [2.05, 4.69) is 24.8 Å². The molecule has 4 heteroatoms. The van der Waals surface area contributed by atoms with E-state index in [1.807, 2.05) is 36.4 Å². The van der Waals surface area contributed by atoms with Crippen molar-refractivity contribution in [2.24, 2.45) is 0 Å². The number of hydrogen-bond acceptors (Lipinski definition) is 3. The molecule has 0 amide bonds. The van der Waals surface area contributed by atoms with Crippen LogP contribution >= 0.6 is 0 Å². The molecule has 28 heavy (non-hydrogen) atoms. The van der Waals surface area contributed by atoms with E-state index < -0.39 is 5.97 Å². The summed E-state index contributed by atoms with van der Waals surface area (Å²) in [4.78, 5) is 14.6. The van der Waals surface area contributed by atoms with Crippen LogP contribution in [0.3, 0.4) is 0 Å². The fourth-order valence-corrected chi connectivity index (χ4v) is 4.27. The van der Waals surface area contributed by atoms with Crippen LogP contribution in [0.1, 0.15) is 60.2 Å². The van der Waals surface area contributed by atoms with Gasteiger partial charge in [0.1, 0.15) is 17.9 Å². The Morgan fingerprint density at radius 3 is 2.46 bits per heavy atom. The smallest absolute Gasteiger partial charge is 0.339 e. The molecular formula is C24H31NO3. The zero-order chi connectivity index (χ0) is 19.9. The van der Waals surface area contributed by atoms with Crippen LogP contribution < -0.4 is 4.74 Å². The van der Waals surface area contributed by atoms with Gasteiger partial charge in [0.15, 0.2) is 0 Å². The van der Waals surface area contributed by atoms with E-state index in [4.69, 9.17) is 4.74 Å². The van der Waals surface area contributed by atoms with Crippen molar-refractivity contribution in [3.63, 3.8) is 0 Å². The molecule has 150 valence electrons. The molecule has 2 aromatic rings. The number of rotatable bonds is 9. The van der Waals surface area contributed by atoms with Gasteiger partial charge in [0.25, 0.3) is 0 Å². The van der Waals surface area contributed by atoms with Gasteiger partial charge in [-0.2, -0.15) is 0 Å². The van der Waals surface area contributed by atoms with Crippen LogP contribution in [0.15, 0.2) is 42.5 Å². The van der Waals surface area contributed by atoms with E-state index >= 15 is 0 Å². The van der Waals surface area contributed by atoms with Gasteiger partial charge in [-0.1, -0.05) is 50.2 Å². The Morgan fingerprint density at radius 1 is 1.11 bits per heavy atom. The molecule has 0 saturated carbocycles. The summed E-state index contributed by atoms with van der Waals surface area (Å²) in [7, 11) is 0. The summed E-state index contributed by atoms with van der Waals surface area (Å²) >= 11 is 0. The molecule has 0 heterocycles. The first-order chi connectivity index (χ1) is 13.6. The quantitative estimate of drug-likeness (QED) is 0.668. The Hall–Kier alpha value is -2.33. The van der Waals surface area contributed by atoms with Gasteiger partial charge in [-0.05, 0) is 68.0 Å². The average molecular weight is 382 g/mol. The van der Waals surface area contributed by atoms with Gasteiger partial charge in [-0.3, -0.25) is 0 Å². The minimum Gasteiger partial charge on any atom is -0.488 e. The fourth-order valence-electron chi connectivity index (χ4n) is 4.27. The largest absolute Gasteiger partial charge is 0.488 e. The van der Waals surface area contributed by atoms with Crippen LogP contribution in [-0.4, -0.2) is 35.1 Å². The normalized spacial score (nSPS) is 16.0. The lowest BCUT2D eigenvalue weighted by molar-refractivity contribution is 0.0689. The van der Waals surface area contributed by atoms with Crippen molar-refractivity contribution in [1.29, 1.82) is 0 Å². The maximum absolute atomic E-state index is 12.0. The zero-order valence-corrected chi connectivity index (χ0v) is 17.0. The van der Waals surface area contributed by atoms with Crippen molar-refractivity contribution in [3.05, 3.63) is 64.7 Å². The van der Waals surface area contributed by atoms with E-state index in [0.717, 1.165) is 61.9 Å². The van der Waals surface area contributed by atoms with Crippen molar-refractivity contribution in [2.45, 2.75) is 58.6 Å². The lowest BCUT2D eigenvalue weighted by atomic mass is 9.84. The van der Waals surface area contributed by atoms with Crippen LogP contribution in [0.4, 0.5) is 0 Å². The predicted octanol–water partition coefficient (Wildman–Crippen LogP) is 4.94. The Balaban J connectivity index is 1.81. The van der Waals surface area contributed by atoms with Gasteiger partial charge in [0, 0.05) is 6.04 Å². The molecule has 1 unspecified atom stereocenters. The Bertz CT molecular complexity index is 782. The van der Waals surface area contributed by atoms with Crippen LogP contribution in [0.5, 0.6) is 5.75 Å². The highest BCUT2D eigenvalue weighted by Crippen LogP contribution is 2.33. The van der Waals surface area contributed by atoms with Crippen molar-refractivity contribution < 1.29 is 14.6 Å². The number of fused-ring (bicyclic) bond motifs is 1. The molecule has 2 aromatic carbocycles. The molecule has 0 saturated heterocycles. The van der Waals surface area contributed by atoms with Gasteiger partial charge in [-0.25, -0.2) is 4.79 Å². The molecule has 1 atom stereocenters. The third kappa shape index (κ3) is 4.74. The molecule has 1 aliphatic rings. The summed E-state index contributed by atoms with van der Waals surface area (Å²) in [6.45, 7) is 7.04. The first-order valence-corrected chi connectivity index (χ1v) is 10.4. The fraction of sp³-hybridized carbons (Fsp3) is 0.458. The summed E-state index contributed by atoms with van der Waals surface area (Å²) in [5.74, 6) is -0.412. The monoisotopic (exact) mass is 381 g/mol. The van der Waals surface area contributed by atoms with Crippen LogP contribution in [0.2, 0.25) is 0 Å². The minimum absolute atomic E-state index is 0.351. The number of aromatic carboxylic acids is 1. The van der Waals surface area contributed by atoms with E-state index in [0.29, 0.717) is 24.0 Å². The van der Waals surface area contributed by atoms with E-state index in [-0.39, 0.29) is 0 Å². The summed E-state index contributed by atoms with van der Waals surface area (Å²) in [5.41, 5.74) is 3.51. The molecule has 0 bridgehead atoms. The van der Waals surface area contributed by atoms with Gasteiger partial charge in [0.2, 0.25) is 0 Å². The molecular weight excluding hydrogens is 350 g/mol. The number of ether oxygens (including phenoxy) is 1. The molecule has 1 aliphatic carbocycles. The first-order valence-electron chi connectivity index (χ1n) is 10.4. The van der Waals surface area contributed by atoms with Crippen LogP contribution in [-0.2, 0) is 19.4 Å². The molecule has 0 aromatic heterocycles. The van der Waals surface area contributed by atoms with Crippen molar-refractivity contribution in [2.75, 3.05) is 13.1 Å². The topological polar surface area (TPSA) is 49.8 Å². The summed E-state index contributed by atoms with van der Waals surface area (Å²) in [6, 6.07) is 14.3. The number of benzene rings is 2. The number of hydrogen-bond donors (Lipinski definition) is 1. The summed E-state index contributed by atoms with van der Waals surface area (Å²) < 4.78 is 5.91. The Kier molecular flexibility index (Phi) is 7.10. The van der Waals surface area contributed by atoms with Crippen molar-refractivity contribution in [1.82, 2.24) is 4.90 Å². The molecule has 4 nitrogen and oxygen atoms in total. The SMILES string of the molecule is CCCN(CCC)C1CCc2c(ccc(OCc3ccccc3)c2C(=O)O)C1. The van der Waals surface area contributed by atoms with Crippen LogP contribution in [0, 0.1) is 0 Å². The second-order valence-electron chi connectivity index (χ2n) is 7.59.